The standard InChI is InChI=1S/C28H32N6O9/c29-18(11-23(30)36)25(39)32-21(12-24(37)38)27(41)33-20(10-15-13-31-19-4-2-1-3-17(15)19)26(40)34-22(28(42)43)9-14-5-7-16(35)8-6-14/h1-8,13,18,20-22,31,35H,9-12,29H2,(H2,30,36)(H,32,39)(H,33,41)(H,34,40)(H,37,38)(H,42,43). The molecule has 15 heteroatoms. The molecule has 0 aliphatic rings. The molecule has 228 valence electrons. The van der Waals surface area contributed by atoms with Crippen molar-refractivity contribution >= 4 is 46.5 Å². The van der Waals surface area contributed by atoms with E-state index < -0.39 is 72.6 Å². The van der Waals surface area contributed by atoms with Gasteiger partial charge < -0.3 is 47.7 Å². The zero-order valence-corrected chi connectivity index (χ0v) is 22.8. The first-order valence-corrected chi connectivity index (χ1v) is 13.1. The quantitative estimate of drug-likeness (QED) is 0.102. The lowest BCUT2D eigenvalue weighted by Gasteiger charge is -2.24. The average molecular weight is 597 g/mol. The van der Waals surface area contributed by atoms with Gasteiger partial charge in [-0.2, -0.15) is 0 Å². The number of H-pyrrole nitrogens is 1. The Labute approximate surface area is 244 Å². The highest BCUT2D eigenvalue weighted by atomic mass is 16.4. The van der Waals surface area contributed by atoms with Gasteiger partial charge in [-0.25, -0.2) is 4.79 Å². The molecule has 0 radical (unpaired) electrons. The fourth-order valence-electron chi connectivity index (χ4n) is 4.31. The number of carbonyl (C=O) groups excluding carboxylic acids is 4. The molecule has 0 aliphatic heterocycles. The van der Waals surface area contributed by atoms with E-state index in [-0.39, 0.29) is 18.6 Å². The fourth-order valence-corrected chi connectivity index (χ4v) is 4.31. The number of primary amides is 1. The summed E-state index contributed by atoms with van der Waals surface area (Å²) in [5.74, 6) is -6.71. The van der Waals surface area contributed by atoms with Gasteiger partial charge in [-0.15, -0.1) is 0 Å². The van der Waals surface area contributed by atoms with Crippen LogP contribution in [0.25, 0.3) is 10.9 Å². The maximum atomic E-state index is 13.5. The Balaban J connectivity index is 1.87. The van der Waals surface area contributed by atoms with Crippen LogP contribution in [0.5, 0.6) is 5.75 Å². The number of benzene rings is 2. The molecule has 2 aromatic carbocycles. The number of nitrogens with one attached hydrogen (secondary N) is 4. The van der Waals surface area contributed by atoms with E-state index in [0.717, 1.165) is 10.9 Å². The molecule has 0 aliphatic carbocycles. The van der Waals surface area contributed by atoms with Crippen molar-refractivity contribution in [2.24, 2.45) is 11.5 Å². The molecule has 1 aromatic heterocycles. The molecule has 1 heterocycles. The second-order valence-electron chi connectivity index (χ2n) is 9.83. The first-order valence-electron chi connectivity index (χ1n) is 13.1. The van der Waals surface area contributed by atoms with E-state index in [1.54, 1.807) is 30.5 Å². The second-order valence-corrected chi connectivity index (χ2v) is 9.83. The molecular weight excluding hydrogens is 564 g/mol. The maximum Gasteiger partial charge on any atom is 0.326 e. The van der Waals surface area contributed by atoms with E-state index in [9.17, 15) is 44.1 Å². The van der Waals surface area contributed by atoms with Crippen molar-refractivity contribution in [2.45, 2.75) is 49.9 Å². The molecule has 3 aromatic rings. The predicted molar refractivity (Wildman–Crippen MR) is 151 cm³/mol. The third-order valence-electron chi connectivity index (χ3n) is 6.49. The Kier molecular flexibility index (Phi) is 10.8. The number of aromatic amines is 1. The van der Waals surface area contributed by atoms with Crippen LogP contribution in [0.4, 0.5) is 0 Å². The third kappa shape index (κ3) is 9.29. The third-order valence-corrected chi connectivity index (χ3v) is 6.49. The number of fused-ring (bicyclic) bond motifs is 1. The van der Waals surface area contributed by atoms with Crippen LogP contribution in [-0.4, -0.2) is 80.0 Å². The molecule has 0 saturated heterocycles. The largest absolute Gasteiger partial charge is 0.508 e. The first kappa shape index (κ1) is 32.1. The summed E-state index contributed by atoms with van der Waals surface area (Å²) in [5, 5.41) is 36.3. The molecule has 15 nitrogen and oxygen atoms in total. The van der Waals surface area contributed by atoms with Crippen LogP contribution >= 0.6 is 0 Å². The molecule has 11 N–H and O–H groups in total. The molecule has 4 unspecified atom stereocenters. The van der Waals surface area contributed by atoms with Crippen molar-refractivity contribution in [3.8, 4) is 5.75 Å². The van der Waals surface area contributed by atoms with E-state index in [1.807, 2.05) is 0 Å². The Hall–Kier alpha value is -5.44. The number of carboxylic acids is 2. The smallest absolute Gasteiger partial charge is 0.326 e. The molecule has 4 atom stereocenters. The lowest BCUT2D eigenvalue weighted by molar-refractivity contribution is -0.143. The van der Waals surface area contributed by atoms with Crippen molar-refractivity contribution < 1.29 is 44.1 Å². The summed E-state index contributed by atoms with van der Waals surface area (Å²) >= 11 is 0. The molecular formula is C28H32N6O9. The number of carboxylic acid groups (broad SMARTS) is 2. The van der Waals surface area contributed by atoms with E-state index >= 15 is 0 Å². The highest BCUT2D eigenvalue weighted by Gasteiger charge is 2.32. The monoisotopic (exact) mass is 596 g/mol. The van der Waals surface area contributed by atoms with Crippen molar-refractivity contribution in [3.63, 3.8) is 0 Å². The topological polar surface area (TPSA) is 267 Å². The maximum absolute atomic E-state index is 13.5. The predicted octanol–water partition coefficient (Wildman–Crippen LogP) is -1.12. The van der Waals surface area contributed by atoms with Gasteiger partial charge in [-0.05, 0) is 29.3 Å². The lowest BCUT2D eigenvalue weighted by atomic mass is 10.0. The molecule has 43 heavy (non-hydrogen) atoms. The number of hydrogen-bond acceptors (Lipinski definition) is 8. The number of para-hydroxylation sites is 1. The van der Waals surface area contributed by atoms with Crippen molar-refractivity contribution in [1.29, 1.82) is 0 Å². The van der Waals surface area contributed by atoms with E-state index in [0.29, 0.717) is 11.1 Å². The van der Waals surface area contributed by atoms with Crippen molar-refractivity contribution in [3.05, 3.63) is 65.9 Å². The van der Waals surface area contributed by atoms with Crippen molar-refractivity contribution in [2.75, 3.05) is 0 Å². The van der Waals surface area contributed by atoms with Crippen LogP contribution in [-0.2, 0) is 41.6 Å². The van der Waals surface area contributed by atoms with Crippen LogP contribution in [0.15, 0.2) is 54.7 Å². The number of nitrogens with two attached hydrogens (primary N) is 2. The average Bonchev–Trinajstić information content (AvgIpc) is 3.35. The van der Waals surface area contributed by atoms with Crippen LogP contribution < -0.4 is 27.4 Å². The molecule has 0 fully saturated rings. The lowest BCUT2D eigenvalue weighted by Crippen LogP contribution is -2.58. The number of phenolic OH excluding ortho intramolecular Hbond substituents is 1. The van der Waals surface area contributed by atoms with Gasteiger partial charge in [-0.3, -0.25) is 24.0 Å². The number of carbonyl (C=O) groups is 6. The van der Waals surface area contributed by atoms with Gasteiger partial charge in [0.15, 0.2) is 0 Å². The van der Waals surface area contributed by atoms with E-state index in [2.05, 4.69) is 20.9 Å². The van der Waals surface area contributed by atoms with Gasteiger partial charge in [0, 0.05) is 29.9 Å². The SMILES string of the molecule is NC(=O)CC(N)C(=O)NC(CC(=O)O)C(=O)NC(Cc1c[nH]c2ccccc12)C(=O)NC(Cc1ccc(O)cc1)C(=O)O. The van der Waals surface area contributed by atoms with Gasteiger partial charge in [0.25, 0.3) is 0 Å². The number of aliphatic carboxylic acids is 2. The van der Waals surface area contributed by atoms with Gasteiger partial charge in [0.2, 0.25) is 23.6 Å². The van der Waals surface area contributed by atoms with Gasteiger partial charge in [0.1, 0.15) is 23.9 Å². The molecule has 3 rings (SSSR count). The number of aromatic hydroxyl groups is 1. The first-order chi connectivity index (χ1) is 20.3. The van der Waals surface area contributed by atoms with Gasteiger partial charge in [0.05, 0.1) is 18.9 Å². The Morgan fingerprint density at radius 2 is 1.37 bits per heavy atom. The normalized spacial score (nSPS) is 13.7. The minimum Gasteiger partial charge on any atom is -0.508 e. The van der Waals surface area contributed by atoms with Gasteiger partial charge in [-0.1, -0.05) is 30.3 Å². The van der Waals surface area contributed by atoms with Crippen molar-refractivity contribution in [1.82, 2.24) is 20.9 Å². The number of hydrogen-bond donors (Lipinski definition) is 9. The van der Waals surface area contributed by atoms with Crippen LogP contribution in [0.1, 0.15) is 24.0 Å². The van der Waals surface area contributed by atoms with Crippen LogP contribution in [0.2, 0.25) is 0 Å². The Morgan fingerprint density at radius 1 is 0.767 bits per heavy atom. The van der Waals surface area contributed by atoms with E-state index in [4.69, 9.17) is 11.5 Å². The summed E-state index contributed by atoms with van der Waals surface area (Å²) in [6, 6.07) is 6.82. The van der Waals surface area contributed by atoms with Crippen LogP contribution in [0.3, 0.4) is 0 Å². The zero-order valence-electron chi connectivity index (χ0n) is 22.8. The second kappa shape index (κ2) is 14.5. The number of phenols is 1. The van der Waals surface area contributed by atoms with Gasteiger partial charge >= 0.3 is 11.9 Å². The number of aromatic nitrogens is 1. The summed E-state index contributed by atoms with van der Waals surface area (Å²) in [6.45, 7) is 0. The molecule has 0 bridgehead atoms. The summed E-state index contributed by atoms with van der Waals surface area (Å²) in [4.78, 5) is 76.8. The Morgan fingerprint density at radius 3 is 2.00 bits per heavy atom. The molecule has 0 saturated carbocycles. The highest BCUT2D eigenvalue weighted by molar-refractivity contribution is 5.97. The zero-order chi connectivity index (χ0) is 31.7. The summed E-state index contributed by atoms with van der Waals surface area (Å²) in [6.07, 6.45) is -0.120. The fraction of sp³-hybridized carbons (Fsp3) is 0.286. The highest BCUT2D eigenvalue weighted by Crippen LogP contribution is 2.19. The minimum absolute atomic E-state index is 0.0280. The number of rotatable bonds is 15. The summed E-state index contributed by atoms with van der Waals surface area (Å²) < 4.78 is 0. The summed E-state index contributed by atoms with van der Waals surface area (Å²) in [7, 11) is 0. The van der Waals surface area contributed by atoms with E-state index in [1.165, 1.54) is 24.3 Å². The summed E-state index contributed by atoms with van der Waals surface area (Å²) in [5.41, 5.74) is 12.5. The van der Waals surface area contributed by atoms with Crippen LogP contribution in [0, 0.1) is 0 Å². The molecule has 4 amide bonds. The number of amides is 4. The minimum atomic E-state index is -1.70. The Bertz CT molecular complexity index is 1500. The molecule has 0 spiro atoms.